The highest BCUT2D eigenvalue weighted by molar-refractivity contribution is 5.85. The minimum absolute atomic E-state index is 0.239. The van der Waals surface area contributed by atoms with Crippen LogP contribution in [0.2, 0.25) is 0 Å². The summed E-state index contributed by atoms with van der Waals surface area (Å²) in [6.45, 7) is 4.14. The monoisotopic (exact) mass is 474 g/mol. The molecule has 1 saturated heterocycles. The average Bonchev–Trinajstić information content (AvgIpc) is 2.93. The number of hydrogen-bond acceptors (Lipinski definition) is 6. The molecule has 2 aromatic carbocycles. The van der Waals surface area contributed by atoms with Crippen LogP contribution in [0.3, 0.4) is 0 Å². The van der Waals surface area contributed by atoms with Crippen LogP contribution in [0, 0.1) is 40.9 Å². The Bertz CT molecular complexity index is 1270. The lowest BCUT2D eigenvalue weighted by Crippen LogP contribution is -2.33. The number of rotatable bonds is 9. The molecular weight excluding hydrogens is 444 g/mol. The third-order valence-corrected chi connectivity index (χ3v) is 6.64. The van der Waals surface area contributed by atoms with Crippen molar-refractivity contribution < 1.29 is 0 Å². The molecule has 4 rings (SSSR count). The van der Waals surface area contributed by atoms with Crippen LogP contribution in [-0.2, 0) is 6.54 Å². The number of aromatic nitrogens is 1. The highest BCUT2D eigenvalue weighted by Crippen LogP contribution is 2.35. The van der Waals surface area contributed by atoms with Crippen molar-refractivity contribution in [1.29, 1.82) is 10.5 Å². The van der Waals surface area contributed by atoms with Gasteiger partial charge in [-0.3, -0.25) is 4.90 Å². The van der Waals surface area contributed by atoms with Gasteiger partial charge in [0.2, 0.25) is 0 Å². The largest absolute Gasteiger partial charge is 0.369 e. The SMILES string of the molecule is C#CCNc1nc(NCCC2CCN(Cc3ccccc3)CC2)c(C#N)c(-c2ccccc2)c1C#N. The Morgan fingerprint density at radius 2 is 1.50 bits per heavy atom. The highest BCUT2D eigenvalue weighted by Gasteiger charge is 2.22. The Morgan fingerprint density at radius 1 is 0.889 bits per heavy atom. The Kier molecular flexibility index (Phi) is 8.55. The molecule has 180 valence electrons. The van der Waals surface area contributed by atoms with E-state index in [9.17, 15) is 10.5 Å². The zero-order valence-electron chi connectivity index (χ0n) is 20.4. The summed E-state index contributed by atoms with van der Waals surface area (Å²) in [7, 11) is 0. The van der Waals surface area contributed by atoms with E-state index in [2.05, 4.69) is 68.9 Å². The topological polar surface area (TPSA) is 87.8 Å². The van der Waals surface area contributed by atoms with E-state index in [1.807, 2.05) is 30.3 Å². The highest BCUT2D eigenvalue weighted by atomic mass is 15.1. The molecule has 0 atom stereocenters. The summed E-state index contributed by atoms with van der Waals surface area (Å²) in [6, 6.07) is 24.6. The molecule has 0 bridgehead atoms. The molecule has 1 aliphatic rings. The molecule has 36 heavy (non-hydrogen) atoms. The molecule has 1 aromatic heterocycles. The van der Waals surface area contributed by atoms with E-state index in [1.165, 1.54) is 5.56 Å². The van der Waals surface area contributed by atoms with Crippen LogP contribution < -0.4 is 10.6 Å². The van der Waals surface area contributed by atoms with Gasteiger partial charge in [-0.05, 0) is 49.4 Å². The first-order valence-corrected chi connectivity index (χ1v) is 12.3. The maximum atomic E-state index is 10.0. The lowest BCUT2D eigenvalue weighted by Gasteiger charge is -2.32. The van der Waals surface area contributed by atoms with Gasteiger partial charge in [-0.25, -0.2) is 4.98 Å². The number of nitriles is 2. The predicted molar refractivity (Wildman–Crippen MR) is 144 cm³/mol. The summed E-state index contributed by atoms with van der Waals surface area (Å²) < 4.78 is 0. The third-order valence-electron chi connectivity index (χ3n) is 6.64. The summed E-state index contributed by atoms with van der Waals surface area (Å²) in [5.41, 5.74) is 3.43. The molecule has 2 N–H and O–H groups in total. The van der Waals surface area contributed by atoms with Gasteiger partial charge in [0.15, 0.2) is 0 Å². The first-order valence-electron chi connectivity index (χ1n) is 12.3. The Balaban J connectivity index is 1.45. The smallest absolute Gasteiger partial charge is 0.147 e. The third kappa shape index (κ3) is 6.02. The number of benzene rings is 2. The van der Waals surface area contributed by atoms with Crippen LogP contribution >= 0.6 is 0 Å². The molecule has 0 unspecified atom stereocenters. The van der Waals surface area contributed by atoms with E-state index in [4.69, 9.17) is 6.42 Å². The second kappa shape index (κ2) is 12.4. The second-order valence-corrected chi connectivity index (χ2v) is 9.00. The van der Waals surface area contributed by atoms with E-state index in [0.717, 1.165) is 44.5 Å². The van der Waals surface area contributed by atoms with Crippen molar-refractivity contribution in [2.75, 3.05) is 36.8 Å². The van der Waals surface area contributed by atoms with Crippen molar-refractivity contribution in [3.8, 4) is 35.6 Å². The molecule has 6 heteroatoms. The number of nitrogens with zero attached hydrogens (tertiary/aromatic N) is 4. The first-order chi connectivity index (χ1) is 17.7. The number of pyridine rings is 1. The minimum atomic E-state index is 0.239. The molecule has 2 heterocycles. The van der Waals surface area contributed by atoms with E-state index < -0.39 is 0 Å². The molecule has 0 amide bonds. The number of terminal acetylenes is 1. The number of nitrogens with one attached hydrogen (secondary N) is 2. The number of anilines is 2. The summed E-state index contributed by atoms with van der Waals surface area (Å²) in [4.78, 5) is 7.13. The fourth-order valence-electron chi connectivity index (χ4n) is 4.76. The average molecular weight is 475 g/mol. The van der Waals surface area contributed by atoms with Crippen LogP contribution in [0.5, 0.6) is 0 Å². The Morgan fingerprint density at radius 3 is 2.11 bits per heavy atom. The molecule has 6 nitrogen and oxygen atoms in total. The van der Waals surface area contributed by atoms with Gasteiger partial charge in [-0.15, -0.1) is 6.42 Å². The van der Waals surface area contributed by atoms with E-state index in [1.54, 1.807) is 0 Å². The van der Waals surface area contributed by atoms with Gasteiger partial charge in [-0.1, -0.05) is 66.6 Å². The molecule has 0 spiro atoms. The van der Waals surface area contributed by atoms with Crippen LogP contribution in [0.4, 0.5) is 11.6 Å². The zero-order chi connectivity index (χ0) is 25.2. The minimum Gasteiger partial charge on any atom is -0.369 e. The van der Waals surface area contributed by atoms with E-state index >= 15 is 0 Å². The van der Waals surface area contributed by atoms with Crippen LogP contribution in [0.1, 0.15) is 36.0 Å². The second-order valence-electron chi connectivity index (χ2n) is 9.00. The summed E-state index contributed by atoms with van der Waals surface area (Å²) in [6.07, 6.45) is 8.75. The number of piperidine rings is 1. The van der Waals surface area contributed by atoms with Gasteiger partial charge in [0, 0.05) is 18.7 Å². The van der Waals surface area contributed by atoms with Crippen molar-refractivity contribution in [3.63, 3.8) is 0 Å². The van der Waals surface area contributed by atoms with Gasteiger partial charge in [0.25, 0.3) is 0 Å². The lowest BCUT2D eigenvalue weighted by atomic mass is 9.93. The van der Waals surface area contributed by atoms with Gasteiger partial charge < -0.3 is 10.6 Å². The van der Waals surface area contributed by atoms with Gasteiger partial charge in [0.05, 0.1) is 6.54 Å². The van der Waals surface area contributed by atoms with Crippen molar-refractivity contribution in [1.82, 2.24) is 9.88 Å². The fourth-order valence-corrected chi connectivity index (χ4v) is 4.76. The number of likely N-dealkylation sites (tertiary alicyclic amines) is 1. The van der Waals surface area contributed by atoms with Crippen molar-refractivity contribution in [3.05, 3.63) is 77.4 Å². The molecule has 0 radical (unpaired) electrons. The molecule has 0 saturated carbocycles. The first kappa shape index (κ1) is 24.8. The molecule has 1 aliphatic heterocycles. The Hall–Kier alpha value is -4.31. The standard InChI is InChI=1S/C30H30N6/c1-2-16-33-29-26(20-31)28(25-11-7-4-8-12-25)27(21-32)30(35-29)34-17-13-23-14-18-36(19-15-23)22-24-9-5-3-6-10-24/h1,3-12,23H,13-19,22H2,(H2,33,34,35). The lowest BCUT2D eigenvalue weighted by molar-refractivity contribution is 0.174. The van der Waals surface area contributed by atoms with Gasteiger partial charge in [-0.2, -0.15) is 10.5 Å². The van der Waals surface area contributed by atoms with Gasteiger partial charge in [0.1, 0.15) is 34.9 Å². The van der Waals surface area contributed by atoms with Crippen molar-refractivity contribution >= 4 is 11.6 Å². The van der Waals surface area contributed by atoms with E-state index in [0.29, 0.717) is 40.8 Å². The maximum Gasteiger partial charge on any atom is 0.147 e. The normalized spacial score (nSPS) is 13.8. The Labute approximate surface area is 213 Å². The zero-order valence-corrected chi connectivity index (χ0v) is 20.4. The molecule has 3 aromatic rings. The van der Waals surface area contributed by atoms with E-state index in [-0.39, 0.29) is 6.54 Å². The van der Waals surface area contributed by atoms with Gasteiger partial charge >= 0.3 is 0 Å². The van der Waals surface area contributed by atoms with Crippen molar-refractivity contribution in [2.24, 2.45) is 5.92 Å². The summed E-state index contributed by atoms with van der Waals surface area (Å²) in [5.74, 6) is 4.03. The quantitative estimate of drug-likeness (QED) is 0.412. The van der Waals surface area contributed by atoms with Crippen LogP contribution in [-0.4, -0.2) is 36.1 Å². The predicted octanol–water partition coefficient (Wildman–Crippen LogP) is 5.25. The maximum absolute atomic E-state index is 10.0. The van der Waals surface area contributed by atoms with Crippen LogP contribution in [0.15, 0.2) is 60.7 Å². The fraction of sp³-hybridized carbons (Fsp3) is 0.300. The molecule has 1 fully saturated rings. The molecule has 0 aliphatic carbocycles. The summed E-state index contributed by atoms with van der Waals surface area (Å²) in [5, 5.41) is 26.4. The summed E-state index contributed by atoms with van der Waals surface area (Å²) >= 11 is 0. The number of hydrogen-bond donors (Lipinski definition) is 2. The molecular formula is C30H30N6. The van der Waals surface area contributed by atoms with Crippen LogP contribution in [0.25, 0.3) is 11.1 Å². The van der Waals surface area contributed by atoms with Crippen molar-refractivity contribution in [2.45, 2.75) is 25.8 Å².